The number of nitrogens with zero attached hydrogens (tertiary/aromatic N) is 3. The largest absolute Gasteiger partial charge is 0.367 e. The van der Waals surface area contributed by atoms with Gasteiger partial charge in [0.2, 0.25) is 0 Å². The van der Waals surface area contributed by atoms with Gasteiger partial charge in [-0.25, -0.2) is 9.97 Å². The minimum absolute atomic E-state index is 0.333. The average Bonchev–Trinajstić information content (AvgIpc) is 3.45. The van der Waals surface area contributed by atoms with Crippen molar-refractivity contribution in [3.8, 4) is 0 Å². The number of nitrogens with one attached hydrogen (secondary N) is 1. The van der Waals surface area contributed by atoms with Crippen molar-refractivity contribution >= 4 is 22.4 Å². The Balaban J connectivity index is 1.41. The van der Waals surface area contributed by atoms with Gasteiger partial charge in [0.25, 0.3) is 0 Å². The van der Waals surface area contributed by atoms with E-state index in [1.54, 1.807) is 0 Å². The summed E-state index contributed by atoms with van der Waals surface area (Å²) >= 11 is 0. The lowest BCUT2D eigenvalue weighted by Crippen LogP contribution is -2.44. The van der Waals surface area contributed by atoms with Crippen LogP contribution in [0.25, 0.3) is 10.9 Å². The zero-order chi connectivity index (χ0) is 18.4. The summed E-state index contributed by atoms with van der Waals surface area (Å²) in [4.78, 5) is 14.8. The second-order valence-corrected chi connectivity index (χ2v) is 8.72. The van der Waals surface area contributed by atoms with Crippen LogP contribution in [-0.4, -0.2) is 33.8 Å². The van der Waals surface area contributed by atoms with Gasteiger partial charge in [-0.15, -0.1) is 0 Å². The number of aliphatic imine (C=N–C) groups is 1. The van der Waals surface area contributed by atoms with Crippen LogP contribution in [0.4, 0.5) is 5.82 Å². The van der Waals surface area contributed by atoms with Crippen molar-refractivity contribution in [2.24, 2.45) is 10.7 Å². The molecule has 0 amide bonds. The van der Waals surface area contributed by atoms with Crippen LogP contribution in [0.2, 0.25) is 0 Å². The van der Waals surface area contributed by atoms with Gasteiger partial charge in [0, 0.05) is 29.1 Å². The predicted molar refractivity (Wildman–Crippen MR) is 111 cm³/mol. The summed E-state index contributed by atoms with van der Waals surface area (Å²) in [5, 5.41) is 4.78. The molecular formula is C22H29N5. The third-order valence-electron chi connectivity index (χ3n) is 6.22. The highest BCUT2D eigenvalue weighted by Gasteiger charge is 2.28. The van der Waals surface area contributed by atoms with Crippen molar-refractivity contribution in [2.75, 3.05) is 5.32 Å². The zero-order valence-electron chi connectivity index (χ0n) is 16.1. The van der Waals surface area contributed by atoms with E-state index in [-0.39, 0.29) is 0 Å². The van der Waals surface area contributed by atoms with Gasteiger partial charge in [-0.3, -0.25) is 4.99 Å². The summed E-state index contributed by atoms with van der Waals surface area (Å²) in [5.41, 5.74) is 9.69. The molecule has 3 saturated carbocycles. The van der Waals surface area contributed by atoms with Crippen LogP contribution in [0.1, 0.15) is 68.7 Å². The summed E-state index contributed by atoms with van der Waals surface area (Å²) in [6.07, 6.45) is 9.09. The molecule has 0 unspecified atom stereocenters. The summed E-state index contributed by atoms with van der Waals surface area (Å²) in [6.45, 7) is 2.12. The maximum Gasteiger partial charge on any atom is 0.137 e. The second-order valence-electron chi connectivity index (χ2n) is 8.72. The quantitative estimate of drug-likeness (QED) is 0.857. The highest BCUT2D eigenvalue weighted by molar-refractivity contribution is 5.90. The molecule has 0 spiro atoms. The van der Waals surface area contributed by atoms with Crippen LogP contribution in [0.3, 0.4) is 0 Å². The first kappa shape index (κ1) is 17.1. The van der Waals surface area contributed by atoms with E-state index in [1.807, 2.05) is 0 Å². The lowest BCUT2D eigenvalue weighted by Gasteiger charge is -2.34. The Morgan fingerprint density at radius 1 is 1.07 bits per heavy atom. The zero-order valence-corrected chi connectivity index (χ0v) is 16.1. The first-order valence-corrected chi connectivity index (χ1v) is 10.5. The van der Waals surface area contributed by atoms with Crippen molar-refractivity contribution in [3.05, 3.63) is 29.6 Å². The third kappa shape index (κ3) is 3.70. The Kier molecular flexibility index (Phi) is 4.35. The number of aromatic nitrogens is 2. The Morgan fingerprint density at radius 3 is 2.56 bits per heavy atom. The standard InChI is InChI=1S/C22H29N5/c1-13-2-9-20-19(10-13)22(25-18-11-15(23)12-18)27-21(26-20)14-3-5-16(6-4-14)24-17-7-8-17/h2,9-10,14-15,17-18H,3-8,11-12,23H2,1H3,(H,25,26,27). The van der Waals surface area contributed by atoms with Crippen LogP contribution in [0, 0.1) is 6.92 Å². The van der Waals surface area contributed by atoms with E-state index in [1.165, 1.54) is 24.1 Å². The van der Waals surface area contributed by atoms with Crippen molar-refractivity contribution in [1.82, 2.24) is 9.97 Å². The van der Waals surface area contributed by atoms with E-state index in [4.69, 9.17) is 20.7 Å². The SMILES string of the molecule is Cc1ccc2nc(C3CCC(=NC4CC4)CC3)nc(NC3CC(N)C3)c2c1. The fourth-order valence-corrected chi connectivity index (χ4v) is 4.33. The molecule has 3 N–H and O–H groups in total. The van der Waals surface area contributed by atoms with Crippen molar-refractivity contribution < 1.29 is 0 Å². The number of rotatable bonds is 4. The number of hydrogen-bond acceptors (Lipinski definition) is 5. The molecule has 0 saturated heterocycles. The normalized spacial score (nSPS) is 28.1. The minimum Gasteiger partial charge on any atom is -0.367 e. The number of anilines is 1. The summed E-state index contributed by atoms with van der Waals surface area (Å²) < 4.78 is 0. The first-order chi connectivity index (χ1) is 13.1. The molecule has 2 aromatic rings. The Bertz CT molecular complexity index is 870. The lowest BCUT2D eigenvalue weighted by molar-refractivity contribution is 0.373. The molecule has 0 bridgehead atoms. The van der Waals surface area contributed by atoms with E-state index in [0.717, 1.165) is 61.1 Å². The highest BCUT2D eigenvalue weighted by Crippen LogP contribution is 2.35. The van der Waals surface area contributed by atoms with Crippen LogP contribution < -0.4 is 11.1 Å². The Morgan fingerprint density at radius 2 is 1.85 bits per heavy atom. The van der Waals surface area contributed by atoms with E-state index < -0.39 is 0 Å². The van der Waals surface area contributed by atoms with E-state index >= 15 is 0 Å². The molecule has 3 aliphatic carbocycles. The first-order valence-electron chi connectivity index (χ1n) is 10.5. The summed E-state index contributed by atoms with van der Waals surface area (Å²) in [5.74, 6) is 2.44. The molecule has 1 heterocycles. The predicted octanol–water partition coefficient (Wildman–Crippen LogP) is 4.10. The fourth-order valence-electron chi connectivity index (χ4n) is 4.33. The van der Waals surface area contributed by atoms with Crippen LogP contribution in [0.15, 0.2) is 23.2 Å². The number of fused-ring (bicyclic) bond motifs is 1. The van der Waals surface area contributed by atoms with E-state index in [0.29, 0.717) is 24.0 Å². The van der Waals surface area contributed by atoms with Gasteiger partial charge < -0.3 is 11.1 Å². The maximum atomic E-state index is 5.97. The topological polar surface area (TPSA) is 76.2 Å². The van der Waals surface area contributed by atoms with Gasteiger partial charge >= 0.3 is 0 Å². The molecule has 1 aromatic heterocycles. The number of hydrogen-bond donors (Lipinski definition) is 2. The highest BCUT2D eigenvalue weighted by atomic mass is 15.1. The van der Waals surface area contributed by atoms with Crippen molar-refractivity contribution in [1.29, 1.82) is 0 Å². The molecule has 3 fully saturated rings. The molecule has 5 rings (SSSR count). The smallest absolute Gasteiger partial charge is 0.137 e. The maximum absolute atomic E-state index is 5.97. The summed E-state index contributed by atoms with van der Waals surface area (Å²) in [6, 6.07) is 7.89. The molecule has 3 aliphatic rings. The van der Waals surface area contributed by atoms with E-state index in [2.05, 4.69) is 30.4 Å². The molecule has 142 valence electrons. The molecule has 1 aromatic carbocycles. The van der Waals surface area contributed by atoms with Gasteiger partial charge in [-0.2, -0.15) is 0 Å². The van der Waals surface area contributed by atoms with Gasteiger partial charge in [0.15, 0.2) is 0 Å². The molecule has 0 radical (unpaired) electrons. The second kappa shape index (κ2) is 6.86. The molecule has 0 aliphatic heterocycles. The molecule has 5 heteroatoms. The van der Waals surface area contributed by atoms with Crippen molar-refractivity contribution in [3.63, 3.8) is 0 Å². The van der Waals surface area contributed by atoms with Crippen LogP contribution in [0.5, 0.6) is 0 Å². The Labute approximate surface area is 160 Å². The lowest BCUT2D eigenvalue weighted by atomic mass is 9.86. The number of nitrogens with two attached hydrogens (primary N) is 1. The van der Waals surface area contributed by atoms with Gasteiger partial charge in [-0.1, -0.05) is 11.6 Å². The summed E-state index contributed by atoms with van der Waals surface area (Å²) in [7, 11) is 0. The number of benzene rings is 1. The molecule has 5 nitrogen and oxygen atoms in total. The van der Waals surface area contributed by atoms with Gasteiger partial charge in [0.1, 0.15) is 11.6 Å². The van der Waals surface area contributed by atoms with Crippen molar-refractivity contribution in [2.45, 2.75) is 82.3 Å². The van der Waals surface area contributed by atoms with Gasteiger partial charge in [-0.05, 0) is 70.4 Å². The number of aryl methyl sites for hydroxylation is 1. The third-order valence-corrected chi connectivity index (χ3v) is 6.22. The minimum atomic E-state index is 0.333. The molecule has 27 heavy (non-hydrogen) atoms. The van der Waals surface area contributed by atoms with Crippen LogP contribution >= 0.6 is 0 Å². The van der Waals surface area contributed by atoms with E-state index in [9.17, 15) is 0 Å². The Hall–Kier alpha value is -2.01. The van der Waals surface area contributed by atoms with Crippen LogP contribution in [-0.2, 0) is 0 Å². The monoisotopic (exact) mass is 363 g/mol. The van der Waals surface area contributed by atoms with Gasteiger partial charge in [0.05, 0.1) is 11.6 Å². The molecule has 0 atom stereocenters. The fraction of sp³-hybridized carbons (Fsp3) is 0.591. The average molecular weight is 364 g/mol. The molecular weight excluding hydrogens is 334 g/mol.